The molecule has 1 aromatic heterocycles. The van der Waals surface area contributed by atoms with Gasteiger partial charge in [0.15, 0.2) is 5.69 Å². The van der Waals surface area contributed by atoms with E-state index in [1.54, 1.807) is 12.1 Å². The van der Waals surface area contributed by atoms with E-state index in [9.17, 15) is 13.2 Å². The number of nitrogens with zero attached hydrogens (tertiary/aromatic N) is 1. The summed E-state index contributed by atoms with van der Waals surface area (Å²) in [5, 5.41) is 2.95. The van der Waals surface area contributed by atoms with Crippen molar-refractivity contribution in [3.8, 4) is 11.1 Å². The third-order valence-electron chi connectivity index (χ3n) is 2.10. The second kappa shape index (κ2) is 4.06. The highest BCUT2D eigenvalue weighted by molar-refractivity contribution is 9.10. The summed E-state index contributed by atoms with van der Waals surface area (Å²) in [6, 6.07) is 6.31. The molecule has 1 heterocycles. The number of nitrogen functional groups attached to an aromatic ring is 1. The van der Waals surface area contributed by atoms with E-state index in [1.165, 1.54) is 12.1 Å². The minimum atomic E-state index is -4.60. The molecule has 0 aliphatic rings. The van der Waals surface area contributed by atoms with Crippen LogP contribution in [0.15, 0.2) is 33.3 Å². The van der Waals surface area contributed by atoms with Crippen molar-refractivity contribution in [1.29, 1.82) is 0 Å². The molecular weight excluding hydrogens is 301 g/mol. The number of halogens is 4. The summed E-state index contributed by atoms with van der Waals surface area (Å²) in [6.45, 7) is 0. The maximum Gasteiger partial charge on any atom is 0.437 e. The lowest BCUT2D eigenvalue weighted by Gasteiger charge is -2.05. The Kier molecular flexibility index (Phi) is 2.86. The average molecular weight is 307 g/mol. The van der Waals surface area contributed by atoms with Crippen molar-refractivity contribution >= 4 is 21.8 Å². The summed E-state index contributed by atoms with van der Waals surface area (Å²) in [4.78, 5) is 0. The van der Waals surface area contributed by atoms with Gasteiger partial charge in [-0.3, -0.25) is 0 Å². The largest absolute Gasteiger partial charge is 0.437 e. The van der Waals surface area contributed by atoms with Gasteiger partial charge in [0.05, 0.1) is 5.56 Å². The van der Waals surface area contributed by atoms with Crippen LogP contribution in [0.2, 0.25) is 0 Å². The molecule has 2 N–H and O–H groups in total. The van der Waals surface area contributed by atoms with Gasteiger partial charge in [0.1, 0.15) is 0 Å². The second-order valence-electron chi connectivity index (χ2n) is 3.28. The van der Waals surface area contributed by atoms with Gasteiger partial charge in [0.2, 0.25) is 5.88 Å². The number of anilines is 1. The first-order chi connectivity index (χ1) is 7.89. The van der Waals surface area contributed by atoms with Crippen LogP contribution in [0.5, 0.6) is 0 Å². The first kappa shape index (κ1) is 12.0. The molecule has 0 aliphatic carbocycles. The van der Waals surface area contributed by atoms with E-state index in [2.05, 4.69) is 25.6 Å². The fourth-order valence-electron chi connectivity index (χ4n) is 1.42. The summed E-state index contributed by atoms with van der Waals surface area (Å²) in [5.41, 5.74) is 4.32. The van der Waals surface area contributed by atoms with Crippen molar-refractivity contribution in [1.82, 2.24) is 5.16 Å². The lowest BCUT2D eigenvalue weighted by Crippen LogP contribution is -2.07. The molecule has 0 atom stereocenters. The molecule has 0 unspecified atom stereocenters. The van der Waals surface area contributed by atoms with Gasteiger partial charge in [0, 0.05) is 4.47 Å². The molecule has 0 radical (unpaired) electrons. The molecule has 0 spiro atoms. The molecule has 0 saturated carbocycles. The van der Waals surface area contributed by atoms with Gasteiger partial charge < -0.3 is 10.3 Å². The quantitative estimate of drug-likeness (QED) is 0.874. The van der Waals surface area contributed by atoms with E-state index < -0.39 is 11.9 Å². The fourth-order valence-corrected chi connectivity index (χ4v) is 1.82. The maximum absolute atomic E-state index is 12.7. The monoisotopic (exact) mass is 306 g/mol. The third-order valence-corrected chi connectivity index (χ3v) is 2.59. The standard InChI is InChI=1S/C10H6BrF3N2O/c11-6-3-1-2-5(4-6)7-8(10(12,13)14)16-17-9(7)15/h1-4H,15H2. The van der Waals surface area contributed by atoms with Crippen LogP contribution in [0.4, 0.5) is 19.1 Å². The maximum atomic E-state index is 12.7. The number of alkyl halides is 3. The summed E-state index contributed by atoms with van der Waals surface area (Å²) >= 11 is 3.17. The predicted octanol–water partition coefficient (Wildman–Crippen LogP) is 3.71. The lowest BCUT2D eigenvalue weighted by atomic mass is 10.1. The van der Waals surface area contributed by atoms with E-state index >= 15 is 0 Å². The van der Waals surface area contributed by atoms with Gasteiger partial charge in [-0.25, -0.2) is 0 Å². The predicted molar refractivity (Wildman–Crippen MR) is 59.1 cm³/mol. The van der Waals surface area contributed by atoms with Crippen molar-refractivity contribution in [2.24, 2.45) is 0 Å². The Bertz CT molecular complexity index is 551. The van der Waals surface area contributed by atoms with Crippen LogP contribution in [0.25, 0.3) is 11.1 Å². The van der Waals surface area contributed by atoms with E-state index in [-0.39, 0.29) is 11.4 Å². The number of aromatic nitrogens is 1. The van der Waals surface area contributed by atoms with Crippen LogP contribution in [-0.2, 0) is 6.18 Å². The SMILES string of the molecule is Nc1onc(C(F)(F)F)c1-c1cccc(Br)c1. The molecule has 0 bridgehead atoms. The second-order valence-corrected chi connectivity index (χ2v) is 4.19. The van der Waals surface area contributed by atoms with E-state index in [1.807, 2.05) is 0 Å². The Morgan fingerprint density at radius 2 is 2.00 bits per heavy atom. The molecule has 0 saturated heterocycles. The highest BCUT2D eigenvalue weighted by atomic mass is 79.9. The topological polar surface area (TPSA) is 52.0 Å². The van der Waals surface area contributed by atoms with Crippen LogP contribution in [-0.4, -0.2) is 5.16 Å². The Balaban J connectivity index is 2.63. The Labute approximate surface area is 103 Å². The van der Waals surface area contributed by atoms with Crippen LogP contribution >= 0.6 is 15.9 Å². The molecular formula is C10H6BrF3N2O. The zero-order valence-corrected chi connectivity index (χ0v) is 9.84. The van der Waals surface area contributed by atoms with Gasteiger partial charge in [-0.05, 0) is 17.7 Å². The summed E-state index contributed by atoms with van der Waals surface area (Å²) in [5.74, 6) is -0.351. The number of nitrogens with two attached hydrogens (primary N) is 1. The molecule has 3 nitrogen and oxygen atoms in total. The van der Waals surface area contributed by atoms with Crippen molar-refractivity contribution in [2.75, 3.05) is 5.73 Å². The van der Waals surface area contributed by atoms with Crippen molar-refractivity contribution in [3.05, 3.63) is 34.4 Å². The normalized spacial score (nSPS) is 11.8. The Morgan fingerprint density at radius 1 is 1.29 bits per heavy atom. The highest BCUT2D eigenvalue weighted by Crippen LogP contribution is 2.40. The zero-order valence-electron chi connectivity index (χ0n) is 8.25. The smallest absolute Gasteiger partial charge is 0.367 e. The van der Waals surface area contributed by atoms with Crippen LogP contribution < -0.4 is 5.73 Å². The van der Waals surface area contributed by atoms with Gasteiger partial charge in [-0.15, -0.1) is 0 Å². The molecule has 0 fully saturated rings. The fraction of sp³-hybridized carbons (Fsp3) is 0.100. The molecule has 1 aromatic carbocycles. The van der Waals surface area contributed by atoms with Gasteiger partial charge in [-0.1, -0.05) is 33.2 Å². The highest BCUT2D eigenvalue weighted by Gasteiger charge is 2.39. The molecule has 2 aromatic rings. The van der Waals surface area contributed by atoms with Crippen molar-refractivity contribution in [2.45, 2.75) is 6.18 Å². The number of hydrogen-bond acceptors (Lipinski definition) is 3. The van der Waals surface area contributed by atoms with Crippen LogP contribution in [0.3, 0.4) is 0 Å². The van der Waals surface area contributed by atoms with E-state index in [0.717, 1.165) is 0 Å². The summed E-state index contributed by atoms with van der Waals surface area (Å²) in [6.07, 6.45) is -4.60. The minimum Gasteiger partial charge on any atom is -0.367 e. The van der Waals surface area contributed by atoms with E-state index in [4.69, 9.17) is 5.73 Å². The van der Waals surface area contributed by atoms with Crippen LogP contribution in [0.1, 0.15) is 5.69 Å². The number of rotatable bonds is 1. The Morgan fingerprint density at radius 3 is 2.59 bits per heavy atom. The van der Waals surface area contributed by atoms with Crippen molar-refractivity contribution < 1.29 is 17.7 Å². The molecule has 2 rings (SSSR count). The first-order valence-corrected chi connectivity index (χ1v) is 5.27. The summed E-state index contributed by atoms with van der Waals surface area (Å²) < 4.78 is 43.0. The average Bonchev–Trinajstić information content (AvgIpc) is 2.59. The minimum absolute atomic E-state index is 0.237. The van der Waals surface area contributed by atoms with Gasteiger partial charge in [-0.2, -0.15) is 13.2 Å². The van der Waals surface area contributed by atoms with Gasteiger partial charge >= 0.3 is 6.18 Å². The van der Waals surface area contributed by atoms with Crippen LogP contribution in [0, 0.1) is 0 Å². The van der Waals surface area contributed by atoms with Crippen molar-refractivity contribution in [3.63, 3.8) is 0 Å². The molecule has 0 amide bonds. The summed E-state index contributed by atoms with van der Waals surface area (Å²) in [7, 11) is 0. The number of benzene rings is 1. The van der Waals surface area contributed by atoms with E-state index in [0.29, 0.717) is 10.0 Å². The third kappa shape index (κ3) is 2.28. The molecule has 7 heteroatoms. The lowest BCUT2D eigenvalue weighted by molar-refractivity contribution is -0.142. The zero-order chi connectivity index (χ0) is 12.6. The molecule has 90 valence electrons. The Hall–Kier alpha value is -1.50. The molecule has 0 aliphatic heterocycles. The molecule has 17 heavy (non-hydrogen) atoms. The van der Waals surface area contributed by atoms with Gasteiger partial charge in [0.25, 0.3) is 0 Å². The first-order valence-electron chi connectivity index (χ1n) is 4.48. The number of hydrogen-bond donors (Lipinski definition) is 1.